The summed E-state index contributed by atoms with van der Waals surface area (Å²) in [5, 5.41) is 3.00. The molecule has 0 spiro atoms. The number of hydrogen-bond donors (Lipinski definition) is 1. The van der Waals surface area contributed by atoms with Crippen molar-refractivity contribution in [3.63, 3.8) is 0 Å². The molecule has 2 aromatic carbocycles. The van der Waals surface area contributed by atoms with Crippen molar-refractivity contribution >= 4 is 23.2 Å². The summed E-state index contributed by atoms with van der Waals surface area (Å²) in [6, 6.07) is 13.8. The molecule has 124 valence electrons. The number of fused-ring (bicyclic) bond motifs is 1. The van der Waals surface area contributed by atoms with E-state index in [-0.39, 0.29) is 17.7 Å². The average Bonchev–Trinajstić information content (AvgIpc) is 2.89. The van der Waals surface area contributed by atoms with Gasteiger partial charge in [0.05, 0.1) is 0 Å². The summed E-state index contributed by atoms with van der Waals surface area (Å²) in [4.78, 5) is 26.1. The number of rotatable bonds is 3. The Morgan fingerprint density at radius 2 is 1.92 bits per heavy atom. The molecule has 1 atom stereocenters. The van der Waals surface area contributed by atoms with Gasteiger partial charge in [-0.2, -0.15) is 0 Å². The van der Waals surface area contributed by atoms with Crippen molar-refractivity contribution in [1.29, 1.82) is 0 Å². The van der Waals surface area contributed by atoms with Crippen LogP contribution in [0, 0.1) is 13.8 Å². The molecule has 1 aliphatic heterocycles. The Bertz CT molecular complexity index is 798. The lowest BCUT2D eigenvalue weighted by Crippen LogP contribution is -2.28. The Morgan fingerprint density at radius 3 is 2.62 bits per heavy atom. The second kappa shape index (κ2) is 6.48. The van der Waals surface area contributed by atoms with Gasteiger partial charge in [0, 0.05) is 37.2 Å². The predicted octanol–water partition coefficient (Wildman–Crippen LogP) is 3.78. The summed E-state index contributed by atoms with van der Waals surface area (Å²) in [7, 11) is 0. The van der Waals surface area contributed by atoms with Crippen LogP contribution in [0.4, 0.5) is 11.4 Å². The first-order valence-electron chi connectivity index (χ1n) is 8.20. The molecule has 1 N–H and O–H groups in total. The lowest BCUT2D eigenvalue weighted by Gasteiger charge is -2.15. The van der Waals surface area contributed by atoms with Crippen molar-refractivity contribution in [2.45, 2.75) is 33.1 Å². The van der Waals surface area contributed by atoms with E-state index in [1.54, 1.807) is 11.8 Å². The Kier molecular flexibility index (Phi) is 4.38. The van der Waals surface area contributed by atoms with E-state index in [0.717, 1.165) is 22.5 Å². The second-order valence-electron chi connectivity index (χ2n) is 6.46. The van der Waals surface area contributed by atoms with Crippen molar-refractivity contribution < 1.29 is 9.59 Å². The molecule has 4 heteroatoms. The number of carbonyl (C=O) groups excluding carboxylic acids is 2. The maximum atomic E-state index is 12.5. The Hall–Kier alpha value is -2.62. The number of nitrogens with one attached hydrogen (secondary N) is 1. The molecule has 3 rings (SSSR count). The van der Waals surface area contributed by atoms with Crippen LogP contribution in [0.2, 0.25) is 0 Å². The molecule has 0 fully saturated rings. The van der Waals surface area contributed by atoms with Gasteiger partial charge < -0.3 is 10.2 Å². The first-order chi connectivity index (χ1) is 11.5. The fourth-order valence-electron chi connectivity index (χ4n) is 3.35. The molecule has 1 aliphatic rings. The molecule has 0 radical (unpaired) electrons. The molecular formula is C20H22N2O2. The van der Waals surface area contributed by atoms with Gasteiger partial charge in [0.25, 0.3) is 0 Å². The Morgan fingerprint density at radius 1 is 1.17 bits per heavy atom. The van der Waals surface area contributed by atoms with Gasteiger partial charge in [-0.05, 0) is 37.1 Å². The topological polar surface area (TPSA) is 49.4 Å². The number of hydrogen-bond acceptors (Lipinski definition) is 2. The van der Waals surface area contributed by atoms with E-state index in [1.165, 1.54) is 5.56 Å². The van der Waals surface area contributed by atoms with Crippen molar-refractivity contribution in [2.75, 3.05) is 16.8 Å². The number of benzene rings is 2. The van der Waals surface area contributed by atoms with Crippen LogP contribution in [0.1, 0.15) is 36.0 Å². The molecule has 0 bridgehead atoms. The van der Waals surface area contributed by atoms with Gasteiger partial charge in [-0.1, -0.05) is 35.9 Å². The normalized spacial score (nSPS) is 16.0. The Balaban J connectivity index is 1.74. The van der Waals surface area contributed by atoms with Gasteiger partial charge in [-0.3, -0.25) is 9.59 Å². The molecule has 1 heterocycles. The van der Waals surface area contributed by atoms with Crippen LogP contribution in [0.15, 0.2) is 42.5 Å². The molecule has 1 unspecified atom stereocenters. The summed E-state index contributed by atoms with van der Waals surface area (Å²) in [6.45, 7) is 6.15. The number of carbonyl (C=O) groups is 2. The maximum Gasteiger partial charge on any atom is 0.225 e. The minimum Gasteiger partial charge on any atom is -0.326 e. The number of nitrogens with zero attached hydrogens (tertiary/aromatic N) is 1. The van der Waals surface area contributed by atoms with Crippen LogP contribution >= 0.6 is 0 Å². The first-order valence-corrected chi connectivity index (χ1v) is 8.20. The zero-order valence-corrected chi connectivity index (χ0v) is 14.3. The highest BCUT2D eigenvalue weighted by Crippen LogP contribution is 2.38. The number of para-hydroxylation sites is 1. The SMILES string of the molecule is CC(=O)N1CC(CC(=O)Nc2ccc(C)cc2C)c2ccccc21. The molecule has 0 aromatic heterocycles. The third-order valence-corrected chi connectivity index (χ3v) is 4.54. The quantitative estimate of drug-likeness (QED) is 0.935. The molecule has 0 saturated carbocycles. The molecule has 4 nitrogen and oxygen atoms in total. The van der Waals surface area contributed by atoms with Crippen LogP contribution < -0.4 is 10.2 Å². The van der Waals surface area contributed by atoms with Gasteiger partial charge in [-0.25, -0.2) is 0 Å². The summed E-state index contributed by atoms with van der Waals surface area (Å²) in [5.41, 5.74) is 5.07. The lowest BCUT2D eigenvalue weighted by atomic mass is 9.97. The summed E-state index contributed by atoms with van der Waals surface area (Å²) in [5.74, 6) is 0.0303. The van der Waals surface area contributed by atoms with E-state index in [2.05, 4.69) is 11.4 Å². The number of amides is 2. The minimum absolute atomic E-state index is 0.0136. The van der Waals surface area contributed by atoms with Crippen LogP contribution in [-0.4, -0.2) is 18.4 Å². The summed E-state index contributed by atoms with van der Waals surface area (Å²) >= 11 is 0. The standard InChI is InChI=1S/C20H22N2O2/c1-13-8-9-18(14(2)10-13)21-20(24)11-16-12-22(15(3)23)19-7-5-4-6-17(16)19/h4-10,16H,11-12H2,1-3H3,(H,21,24). The summed E-state index contributed by atoms with van der Waals surface area (Å²) < 4.78 is 0. The van der Waals surface area contributed by atoms with Crippen LogP contribution in [0.3, 0.4) is 0 Å². The van der Waals surface area contributed by atoms with E-state index in [0.29, 0.717) is 13.0 Å². The highest BCUT2D eigenvalue weighted by molar-refractivity contribution is 5.96. The fraction of sp³-hybridized carbons (Fsp3) is 0.300. The van der Waals surface area contributed by atoms with Crippen LogP contribution in [-0.2, 0) is 9.59 Å². The van der Waals surface area contributed by atoms with E-state index in [9.17, 15) is 9.59 Å². The first kappa shape index (κ1) is 16.2. The smallest absolute Gasteiger partial charge is 0.225 e. The van der Waals surface area contributed by atoms with E-state index < -0.39 is 0 Å². The zero-order chi connectivity index (χ0) is 17.3. The number of anilines is 2. The van der Waals surface area contributed by atoms with Crippen molar-refractivity contribution in [3.8, 4) is 0 Å². The van der Waals surface area contributed by atoms with Crippen LogP contribution in [0.5, 0.6) is 0 Å². The monoisotopic (exact) mass is 322 g/mol. The van der Waals surface area contributed by atoms with Crippen molar-refractivity contribution in [1.82, 2.24) is 0 Å². The van der Waals surface area contributed by atoms with Gasteiger partial charge in [0.15, 0.2) is 0 Å². The molecule has 2 amide bonds. The minimum atomic E-state index is -0.0211. The van der Waals surface area contributed by atoms with E-state index >= 15 is 0 Å². The van der Waals surface area contributed by atoms with Crippen molar-refractivity contribution in [3.05, 3.63) is 59.2 Å². The van der Waals surface area contributed by atoms with Gasteiger partial charge in [0.2, 0.25) is 11.8 Å². The summed E-state index contributed by atoms with van der Waals surface area (Å²) in [6.07, 6.45) is 0.369. The fourth-order valence-corrected chi connectivity index (χ4v) is 3.35. The van der Waals surface area contributed by atoms with Crippen molar-refractivity contribution in [2.24, 2.45) is 0 Å². The van der Waals surface area contributed by atoms with E-state index in [4.69, 9.17) is 0 Å². The average molecular weight is 322 g/mol. The van der Waals surface area contributed by atoms with Gasteiger partial charge in [-0.15, -0.1) is 0 Å². The molecule has 0 saturated heterocycles. The highest BCUT2D eigenvalue weighted by atomic mass is 16.2. The lowest BCUT2D eigenvalue weighted by molar-refractivity contribution is -0.118. The third-order valence-electron chi connectivity index (χ3n) is 4.54. The zero-order valence-electron chi connectivity index (χ0n) is 14.3. The van der Waals surface area contributed by atoms with Gasteiger partial charge in [0.1, 0.15) is 0 Å². The maximum absolute atomic E-state index is 12.5. The largest absolute Gasteiger partial charge is 0.326 e. The van der Waals surface area contributed by atoms with Gasteiger partial charge >= 0.3 is 0 Å². The molecule has 24 heavy (non-hydrogen) atoms. The Labute approximate surface area is 142 Å². The number of aryl methyl sites for hydroxylation is 2. The van der Waals surface area contributed by atoms with Crippen LogP contribution in [0.25, 0.3) is 0 Å². The molecular weight excluding hydrogens is 300 g/mol. The predicted molar refractivity (Wildman–Crippen MR) is 96.4 cm³/mol. The molecule has 2 aromatic rings. The second-order valence-corrected chi connectivity index (χ2v) is 6.46. The highest BCUT2D eigenvalue weighted by Gasteiger charge is 2.31. The van der Waals surface area contributed by atoms with E-state index in [1.807, 2.05) is 50.2 Å². The third kappa shape index (κ3) is 3.18. The molecule has 0 aliphatic carbocycles.